The molecule has 1 heterocycles. The van der Waals surface area contributed by atoms with E-state index in [0.717, 1.165) is 27.8 Å². The molecule has 0 aliphatic rings. The zero-order chi connectivity index (χ0) is 18.3. The van der Waals surface area contributed by atoms with Crippen molar-refractivity contribution < 1.29 is 4.42 Å². The second-order valence-electron chi connectivity index (χ2n) is 7.87. The maximum Gasteiger partial charge on any atom is 0.227 e. The first-order valence-corrected chi connectivity index (χ1v) is 8.99. The number of aryl methyl sites for hydroxylation is 1. The van der Waals surface area contributed by atoms with Crippen LogP contribution in [-0.4, -0.2) is 4.98 Å². The Morgan fingerprint density at radius 2 is 1.50 bits per heavy atom. The van der Waals surface area contributed by atoms with E-state index in [9.17, 15) is 0 Å². The maximum absolute atomic E-state index is 6.23. The van der Waals surface area contributed by atoms with Gasteiger partial charge in [0.05, 0.1) is 0 Å². The average Bonchev–Trinajstić information content (AvgIpc) is 3.06. The lowest BCUT2D eigenvalue weighted by molar-refractivity contribution is 0.590. The molecule has 130 valence electrons. The van der Waals surface area contributed by atoms with Crippen LogP contribution in [0.5, 0.6) is 0 Å². The first-order chi connectivity index (χ1) is 12.4. The van der Waals surface area contributed by atoms with Crippen LogP contribution >= 0.6 is 0 Å². The van der Waals surface area contributed by atoms with Gasteiger partial charge < -0.3 is 4.42 Å². The third kappa shape index (κ3) is 3.03. The van der Waals surface area contributed by atoms with Crippen molar-refractivity contribution in [2.45, 2.75) is 33.1 Å². The summed E-state index contributed by atoms with van der Waals surface area (Å²) in [5.41, 5.74) is 7.56. The van der Waals surface area contributed by atoms with Crippen LogP contribution in [0.1, 0.15) is 31.9 Å². The van der Waals surface area contributed by atoms with Gasteiger partial charge in [0.2, 0.25) is 5.89 Å². The van der Waals surface area contributed by atoms with Crippen molar-refractivity contribution >= 4 is 11.1 Å². The number of hydrogen-bond donors (Lipinski definition) is 0. The molecule has 0 atom stereocenters. The monoisotopic (exact) mass is 342 g/mol. The Morgan fingerprint density at radius 3 is 2.15 bits per heavy atom. The van der Waals surface area contributed by atoms with Crippen molar-refractivity contribution in [1.29, 1.82) is 0 Å². The van der Waals surface area contributed by atoms with Gasteiger partial charge in [-0.25, -0.2) is 4.98 Å². The molecule has 0 spiro atoms. The molecule has 26 heavy (non-hydrogen) atoms. The molecule has 0 unspecified atom stereocenters. The Labute approximate surface area is 154 Å². The number of benzene rings is 3. The Hall–Kier alpha value is -2.87. The highest BCUT2D eigenvalue weighted by molar-refractivity contribution is 5.92. The molecule has 0 amide bonds. The Balaban J connectivity index is 1.98. The molecule has 3 aromatic carbocycles. The van der Waals surface area contributed by atoms with Gasteiger partial charge in [0.25, 0.3) is 0 Å². The molecule has 0 aliphatic heterocycles. The van der Waals surface area contributed by atoms with Gasteiger partial charge in [0.1, 0.15) is 5.52 Å². The lowest BCUT2D eigenvalue weighted by Crippen LogP contribution is -2.11. The van der Waals surface area contributed by atoms with Crippen LogP contribution in [0.3, 0.4) is 0 Å². The molecular formula is C24H23NO. The topological polar surface area (TPSA) is 26.0 Å². The summed E-state index contributed by atoms with van der Waals surface area (Å²) in [4.78, 5) is 4.79. The molecule has 0 saturated carbocycles. The number of hydrogen-bond acceptors (Lipinski definition) is 2. The summed E-state index contributed by atoms with van der Waals surface area (Å²) in [7, 11) is 0. The SMILES string of the molecule is Cc1ccc(-c2cc(C(C)(C)C)cc3n[13c](-c4ccccc4)oc23)cc1. The van der Waals surface area contributed by atoms with Gasteiger partial charge >= 0.3 is 0 Å². The quantitative estimate of drug-likeness (QED) is 0.402. The van der Waals surface area contributed by atoms with Gasteiger partial charge in [0, 0.05) is 11.1 Å². The molecular weight excluding hydrogens is 319 g/mol. The molecule has 0 radical (unpaired) electrons. The van der Waals surface area contributed by atoms with Crippen molar-refractivity contribution in [3.63, 3.8) is 0 Å². The zero-order valence-electron chi connectivity index (χ0n) is 15.7. The lowest BCUT2D eigenvalue weighted by atomic mass is 9.85. The second kappa shape index (κ2) is 6.14. The van der Waals surface area contributed by atoms with Crippen LogP contribution in [0.2, 0.25) is 0 Å². The van der Waals surface area contributed by atoms with Gasteiger partial charge in [0.15, 0.2) is 5.58 Å². The van der Waals surface area contributed by atoms with E-state index in [0.29, 0.717) is 5.89 Å². The minimum absolute atomic E-state index is 0.0412. The van der Waals surface area contributed by atoms with E-state index in [1.807, 2.05) is 30.3 Å². The lowest BCUT2D eigenvalue weighted by Gasteiger charge is -2.20. The highest BCUT2D eigenvalue weighted by Crippen LogP contribution is 2.36. The third-order valence-electron chi connectivity index (χ3n) is 4.74. The fourth-order valence-electron chi connectivity index (χ4n) is 3.12. The predicted octanol–water partition coefficient (Wildman–Crippen LogP) is 6.77. The summed E-state index contributed by atoms with van der Waals surface area (Å²) in [5, 5.41) is 0. The molecule has 4 rings (SSSR count). The van der Waals surface area contributed by atoms with Gasteiger partial charge in [-0.1, -0.05) is 68.8 Å². The fraction of sp³-hybridized carbons (Fsp3) is 0.208. The predicted molar refractivity (Wildman–Crippen MR) is 108 cm³/mol. The minimum Gasteiger partial charge on any atom is -0.435 e. The Kier molecular flexibility index (Phi) is 3.91. The largest absolute Gasteiger partial charge is 0.435 e. The Bertz CT molecular complexity index is 1050. The Morgan fingerprint density at radius 1 is 0.808 bits per heavy atom. The number of aromatic nitrogens is 1. The molecule has 0 bridgehead atoms. The molecule has 0 saturated heterocycles. The van der Waals surface area contributed by atoms with Crippen LogP contribution in [0, 0.1) is 6.92 Å². The van der Waals surface area contributed by atoms with Gasteiger partial charge in [-0.15, -0.1) is 0 Å². The zero-order valence-corrected chi connectivity index (χ0v) is 15.7. The van der Waals surface area contributed by atoms with Crippen molar-refractivity contribution in [1.82, 2.24) is 4.98 Å². The van der Waals surface area contributed by atoms with E-state index in [1.165, 1.54) is 11.1 Å². The highest BCUT2D eigenvalue weighted by atomic mass is 16.4. The molecule has 0 N–H and O–H groups in total. The van der Waals surface area contributed by atoms with E-state index in [-0.39, 0.29) is 5.41 Å². The molecule has 0 fully saturated rings. The smallest absolute Gasteiger partial charge is 0.227 e. The van der Waals surface area contributed by atoms with Crippen molar-refractivity contribution in [2.75, 3.05) is 0 Å². The fourth-order valence-corrected chi connectivity index (χ4v) is 3.12. The molecule has 2 nitrogen and oxygen atoms in total. The van der Waals surface area contributed by atoms with E-state index >= 15 is 0 Å². The average molecular weight is 342 g/mol. The maximum atomic E-state index is 6.23. The van der Waals surface area contributed by atoms with Crippen molar-refractivity contribution in [2.24, 2.45) is 0 Å². The van der Waals surface area contributed by atoms with E-state index in [4.69, 9.17) is 9.40 Å². The number of oxazole rings is 1. The van der Waals surface area contributed by atoms with E-state index < -0.39 is 0 Å². The summed E-state index contributed by atoms with van der Waals surface area (Å²) in [6, 6.07) is 23.1. The standard InChI is InChI=1S/C24H23NO/c1-16-10-12-17(13-11-16)20-14-19(24(2,3)4)15-21-22(20)26-23(25-21)18-8-6-5-7-9-18/h5-15H,1-4H3/i23+1. The van der Waals surface area contributed by atoms with Crippen LogP contribution in [0.15, 0.2) is 71.1 Å². The van der Waals surface area contributed by atoms with Crippen LogP contribution in [0.4, 0.5) is 0 Å². The van der Waals surface area contributed by atoms with Crippen LogP contribution in [-0.2, 0) is 5.41 Å². The van der Waals surface area contributed by atoms with Gasteiger partial charge in [-0.2, -0.15) is 0 Å². The summed E-state index contributed by atoms with van der Waals surface area (Å²) in [6.45, 7) is 8.79. The highest BCUT2D eigenvalue weighted by Gasteiger charge is 2.20. The first-order valence-electron chi connectivity index (χ1n) is 8.99. The summed E-state index contributed by atoms with van der Waals surface area (Å²) in [5.74, 6) is 0.667. The third-order valence-corrected chi connectivity index (χ3v) is 4.74. The number of nitrogens with zero attached hydrogens (tertiary/aromatic N) is 1. The molecule has 2 heteroatoms. The second-order valence-corrected chi connectivity index (χ2v) is 7.87. The number of fused-ring (bicyclic) bond motifs is 1. The first kappa shape index (κ1) is 16.6. The molecule has 0 aliphatic carbocycles. The van der Waals surface area contributed by atoms with Crippen molar-refractivity contribution in [3.8, 4) is 22.6 Å². The normalized spacial score (nSPS) is 11.8. The van der Waals surface area contributed by atoms with Crippen LogP contribution in [0.25, 0.3) is 33.7 Å². The molecule has 1 aromatic heterocycles. The van der Waals surface area contributed by atoms with Crippen molar-refractivity contribution in [3.05, 3.63) is 77.9 Å². The van der Waals surface area contributed by atoms with E-state index in [1.54, 1.807) is 0 Å². The number of rotatable bonds is 2. The van der Waals surface area contributed by atoms with Crippen LogP contribution < -0.4 is 0 Å². The summed E-state index contributed by atoms with van der Waals surface area (Å²) >= 11 is 0. The summed E-state index contributed by atoms with van der Waals surface area (Å²) in [6.07, 6.45) is 0. The summed E-state index contributed by atoms with van der Waals surface area (Å²) < 4.78 is 6.23. The molecule has 4 aromatic rings. The minimum atomic E-state index is 0.0412. The van der Waals surface area contributed by atoms with E-state index in [2.05, 4.69) is 64.1 Å². The van der Waals surface area contributed by atoms with Gasteiger partial charge in [-0.3, -0.25) is 0 Å². The van der Waals surface area contributed by atoms with Gasteiger partial charge in [-0.05, 0) is 47.7 Å².